The molecule has 0 atom stereocenters. The first kappa shape index (κ1) is 15.9. The Labute approximate surface area is 103 Å². The SMILES string of the molecule is CCCN(CCC)CCNCCC(C)(C)C. The van der Waals surface area contributed by atoms with Gasteiger partial charge in [0.25, 0.3) is 0 Å². The second-order valence-corrected chi connectivity index (χ2v) is 5.90. The highest BCUT2D eigenvalue weighted by Gasteiger charge is 2.08. The monoisotopic (exact) mass is 228 g/mol. The van der Waals surface area contributed by atoms with Gasteiger partial charge in [-0.15, -0.1) is 0 Å². The van der Waals surface area contributed by atoms with Crippen LogP contribution in [0.4, 0.5) is 0 Å². The topological polar surface area (TPSA) is 15.3 Å². The van der Waals surface area contributed by atoms with Gasteiger partial charge in [0.15, 0.2) is 0 Å². The molecule has 0 aliphatic rings. The number of nitrogens with zero attached hydrogens (tertiary/aromatic N) is 1. The normalized spacial score (nSPS) is 12.4. The lowest BCUT2D eigenvalue weighted by molar-refractivity contribution is 0.270. The third-order valence-electron chi connectivity index (χ3n) is 2.74. The molecule has 0 aromatic heterocycles. The summed E-state index contributed by atoms with van der Waals surface area (Å²) in [7, 11) is 0. The minimum absolute atomic E-state index is 0.458. The molecule has 0 bridgehead atoms. The largest absolute Gasteiger partial charge is 0.315 e. The van der Waals surface area contributed by atoms with E-state index in [1.165, 1.54) is 38.9 Å². The molecular formula is C14H32N2. The van der Waals surface area contributed by atoms with E-state index in [-0.39, 0.29) is 0 Å². The number of hydrogen-bond acceptors (Lipinski definition) is 2. The average molecular weight is 228 g/mol. The van der Waals surface area contributed by atoms with E-state index < -0.39 is 0 Å². The molecule has 0 saturated carbocycles. The molecule has 0 aromatic rings. The second kappa shape index (κ2) is 9.00. The van der Waals surface area contributed by atoms with Gasteiger partial charge in [0.2, 0.25) is 0 Å². The predicted octanol–water partition coefficient (Wildman–Crippen LogP) is 3.13. The Morgan fingerprint density at radius 3 is 1.88 bits per heavy atom. The predicted molar refractivity (Wildman–Crippen MR) is 74.0 cm³/mol. The highest BCUT2D eigenvalue weighted by molar-refractivity contribution is 4.64. The maximum absolute atomic E-state index is 3.55. The van der Waals surface area contributed by atoms with Gasteiger partial charge in [-0.25, -0.2) is 0 Å². The van der Waals surface area contributed by atoms with Crippen LogP contribution in [0.1, 0.15) is 53.9 Å². The van der Waals surface area contributed by atoms with Crippen molar-refractivity contribution in [3.8, 4) is 0 Å². The van der Waals surface area contributed by atoms with Crippen LogP contribution in [0.5, 0.6) is 0 Å². The molecule has 0 spiro atoms. The summed E-state index contributed by atoms with van der Waals surface area (Å²) in [6, 6.07) is 0. The molecule has 0 aliphatic carbocycles. The first-order valence-electron chi connectivity index (χ1n) is 6.92. The molecule has 0 heterocycles. The highest BCUT2D eigenvalue weighted by Crippen LogP contribution is 2.16. The lowest BCUT2D eigenvalue weighted by Gasteiger charge is -2.22. The van der Waals surface area contributed by atoms with E-state index in [0.29, 0.717) is 5.41 Å². The van der Waals surface area contributed by atoms with E-state index in [4.69, 9.17) is 0 Å². The molecule has 0 aromatic carbocycles. The van der Waals surface area contributed by atoms with Crippen LogP contribution in [-0.4, -0.2) is 37.6 Å². The molecule has 0 unspecified atom stereocenters. The molecule has 0 rings (SSSR count). The fourth-order valence-corrected chi connectivity index (χ4v) is 1.79. The van der Waals surface area contributed by atoms with Crippen LogP contribution < -0.4 is 5.32 Å². The Hall–Kier alpha value is -0.0800. The van der Waals surface area contributed by atoms with E-state index in [1.54, 1.807) is 0 Å². The van der Waals surface area contributed by atoms with Gasteiger partial charge in [-0.3, -0.25) is 0 Å². The van der Waals surface area contributed by atoms with Crippen molar-refractivity contribution in [1.29, 1.82) is 0 Å². The summed E-state index contributed by atoms with van der Waals surface area (Å²) < 4.78 is 0. The number of nitrogens with one attached hydrogen (secondary N) is 1. The van der Waals surface area contributed by atoms with Crippen LogP contribution in [0.25, 0.3) is 0 Å². The average Bonchev–Trinajstić information content (AvgIpc) is 2.16. The van der Waals surface area contributed by atoms with Crippen molar-refractivity contribution < 1.29 is 0 Å². The van der Waals surface area contributed by atoms with Crippen molar-refractivity contribution in [3.63, 3.8) is 0 Å². The third kappa shape index (κ3) is 10.4. The summed E-state index contributed by atoms with van der Waals surface area (Å²) in [6.07, 6.45) is 3.79. The Morgan fingerprint density at radius 1 is 0.875 bits per heavy atom. The lowest BCUT2D eigenvalue weighted by atomic mass is 9.92. The van der Waals surface area contributed by atoms with Crippen molar-refractivity contribution in [3.05, 3.63) is 0 Å². The van der Waals surface area contributed by atoms with Gasteiger partial charge in [0.05, 0.1) is 0 Å². The van der Waals surface area contributed by atoms with Gasteiger partial charge in [0.1, 0.15) is 0 Å². The lowest BCUT2D eigenvalue weighted by Crippen LogP contribution is -2.34. The maximum atomic E-state index is 3.55. The van der Waals surface area contributed by atoms with Crippen molar-refractivity contribution in [2.24, 2.45) is 5.41 Å². The zero-order valence-corrected chi connectivity index (χ0v) is 12.1. The van der Waals surface area contributed by atoms with E-state index in [1.807, 2.05) is 0 Å². The summed E-state index contributed by atoms with van der Waals surface area (Å²) in [5, 5.41) is 3.55. The molecule has 2 nitrogen and oxygen atoms in total. The summed E-state index contributed by atoms with van der Waals surface area (Å²) in [5.41, 5.74) is 0.458. The van der Waals surface area contributed by atoms with Crippen LogP contribution in [0.2, 0.25) is 0 Å². The van der Waals surface area contributed by atoms with Gasteiger partial charge < -0.3 is 10.2 Å². The third-order valence-corrected chi connectivity index (χ3v) is 2.74. The van der Waals surface area contributed by atoms with Crippen LogP contribution in [0.3, 0.4) is 0 Å². The summed E-state index contributed by atoms with van der Waals surface area (Å²) in [4.78, 5) is 2.56. The molecule has 98 valence electrons. The van der Waals surface area contributed by atoms with E-state index in [2.05, 4.69) is 44.8 Å². The van der Waals surface area contributed by atoms with E-state index in [0.717, 1.165) is 13.1 Å². The van der Waals surface area contributed by atoms with Crippen LogP contribution in [0.15, 0.2) is 0 Å². The molecule has 0 aliphatic heterocycles. The second-order valence-electron chi connectivity index (χ2n) is 5.90. The smallest absolute Gasteiger partial charge is 0.0107 e. The zero-order chi connectivity index (χ0) is 12.4. The molecular weight excluding hydrogens is 196 g/mol. The van der Waals surface area contributed by atoms with Crippen molar-refractivity contribution in [1.82, 2.24) is 10.2 Å². The van der Waals surface area contributed by atoms with Gasteiger partial charge in [-0.1, -0.05) is 34.6 Å². The Morgan fingerprint density at radius 2 is 1.44 bits per heavy atom. The number of rotatable bonds is 9. The molecule has 16 heavy (non-hydrogen) atoms. The summed E-state index contributed by atoms with van der Waals surface area (Å²) in [5.74, 6) is 0. The number of hydrogen-bond donors (Lipinski definition) is 1. The van der Waals surface area contributed by atoms with Gasteiger partial charge >= 0.3 is 0 Å². The Bertz CT molecular complexity index is 143. The standard InChI is InChI=1S/C14H32N2/c1-6-11-16(12-7-2)13-10-15-9-8-14(3,4)5/h15H,6-13H2,1-5H3. The van der Waals surface area contributed by atoms with Gasteiger partial charge in [-0.2, -0.15) is 0 Å². The molecule has 0 radical (unpaired) electrons. The van der Waals surface area contributed by atoms with Crippen LogP contribution >= 0.6 is 0 Å². The van der Waals surface area contributed by atoms with Crippen molar-refractivity contribution in [2.75, 3.05) is 32.7 Å². The quantitative estimate of drug-likeness (QED) is 0.610. The molecule has 0 amide bonds. The minimum Gasteiger partial charge on any atom is -0.315 e. The maximum Gasteiger partial charge on any atom is 0.0107 e. The van der Waals surface area contributed by atoms with Crippen LogP contribution in [-0.2, 0) is 0 Å². The van der Waals surface area contributed by atoms with Crippen molar-refractivity contribution >= 4 is 0 Å². The molecule has 2 heteroatoms. The van der Waals surface area contributed by atoms with Gasteiger partial charge in [0, 0.05) is 13.1 Å². The van der Waals surface area contributed by atoms with Crippen molar-refractivity contribution in [2.45, 2.75) is 53.9 Å². The molecule has 0 saturated heterocycles. The fourth-order valence-electron chi connectivity index (χ4n) is 1.79. The summed E-state index contributed by atoms with van der Waals surface area (Å²) in [6.45, 7) is 17.4. The minimum atomic E-state index is 0.458. The van der Waals surface area contributed by atoms with Gasteiger partial charge in [-0.05, 0) is 44.3 Å². The molecule has 1 N–H and O–H groups in total. The Kier molecular flexibility index (Phi) is 8.96. The fraction of sp³-hybridized carbons (Fsp3) is 1.00. The first-order valence-corrected chi connectivity index (χ1v) is 6.92. The summed E-state index contributed by atoms with van der Waals surface area (Å²) >= 11 is 0. The molecule has 0 fully saturated rings. The highest BCUT2D eigenvalue weighted by atomic mass is 15.1. The first-order chi connectivity index (χ1) is 7.49. The zero-order valence-electron chi connectivity index (χ0n) is 12.1. The van der Waals surface area contributed by atoms with E-state index in [9.17, 15) is 0 Å². The van der Waals surface area contributed by atoms with Crippen LogP contribution in [0, 0.1) is 5.41 Å². The van der Waals surface area contributed by atoms with E-state index >= 15 is 0 Å². The Balaban J connectivity index is 3.46.